The van der Waals surface area contributed by atoms with Crippen molar-refractivity contribution in [2.75, 3.05) is 0 Å². The molecule has 4 aliphatic rings. The third-order valence-electron chi connectivity index (χ3n) is 8.07. The van der Waals surface area contributed by atoms with Gasteiger partial charge in [-0.25, -0.2) is 19.2 Å². The van der Waals surface area contributed by atoms with E-state index in [1.807, 2.05) is 0 Å². The van der Waals surface area contributed by atoms with Crippen molar-refractivity contribution in [3.63, 3.8) is 0 Å². The fourth-order valence-electron chi connectivity index (χ4n) is 5.43. The monoisotopic (exact) mass is 722 g/mol. The molecule has 4 aliphatic heterocycles. The first-order valence-electron chi connectivity index (χ1n) is 14.1. The average Bonchev–Trinajstić information content (AvgIpc) is 3.03. The molecule has 20 atom stereocenters. The van der Waals surface area contributed by atoms with Crippen LogP contribution in [-0.4, -0.2) is 218 Å². The summed E-state index contributed by atoms with van der Waals surface area (Å²) in [6.07, 6.45) is -45.8. The summed E-state index contributed by atoms with van der Waals surface area (Å²) in [5.41, 5.74) is 0. The third-order valence-corrected chi connectivity index (χ3v) is 8.07. The van der Waals surface area contributed by atoms with Crippen molar-refractivity contribution in [2.24, 2.45) is 0 Å². The first kappa shape index (κ1) is 39.0. The maximum Gasteiger partial charge on any atom is 0.335 e. The van der Waals surface area contributed by atoms with Crippen molar-refractivity contribution in [3.05, 3.63) is 0 Å². The molecule has 0 aromatic carbocycles. The van der Waals surface area contributed by atoms with Gasteiger partial charge in [0.25, 0.3) is 0 Å². The van der Waals surface area contributed by atoms with Gasteiger partial charge in [-0.05, 0) is 0 Å². The number of carboxylic acid groups (broad SMARTS) is 4. The van der Waals surface area contributed by atoms with Crippen LogP contribution in [0.15, 0.2) is 0 Å². The summed E-state index contributed by atoms with van der Waals surface area (Å²) in [6.45, 7) is 0. The van der Waals surface area contributed by atoms with E-state index in [0.29, 0.717) is 0 Å². The van der Waals surface area contributed by atoms with E-state index in [1.165, 1.54) is 0 Å². The van der Waals surface area contributed by atoms with Gasteiger partial charge in [0, 0.05) is 0 Å². The van der Waals surface area contributed by atoms with E-state index in [0.717, 1.165) is 0 Å². The van der Waals surface area contributed by atoms with E-state index in [-0.39, 0.29) is 0 Å². The SMILES string of the molecule is O=C(O)[C@H]1O[C@@H](O[C@H]2[C@H](O)[C@@H](O)[C@H](O[C@H]3[C@H](O)[C@@H](O)[C@H](O[C@H]4[C@H](O)[C@@H](O)C(O)O[C@@H]4C(=O)O)O[C@H]3C(=O)O)O[C@@H]2C(=O)O)[C@H](O)[C@@H](O)[C@@H]1O. The van der Waals surface area contributed by atoms with E-state index in [4.69, 9.17) is 28.4 Å². The molecule has 14 N–H and O–H groups in total. The predicted octanol–water partition coefficient (Wildman–Crippen LogP) is -9.38. The standard InChI is InChI=1S/C24H34O25/c25-1-2(26)13(17(34)35)47-22(7(1)31)45-11-4(28)9(33)24(49-15(11)19(38)39)46-12-5(29)8(32)23(48-16(12)20(40)41)44-10-3(27)6(30)21(42)43-14(10)18(36)37/h1-16,21-33,42H,(H,34,35)(H,36,37)(H,38,39)(H,40,41)/t1-,2-,3+,4+,5+,6+,7+,8+,9+,10-,11-,12-,13-,14-,15-,16+,21?,22+,23+,24+/m0/s1. The number of carboxylic acids is 4. The third kappa shape index (κ3) is 7.62. The summed E-state index contributed by atoms with van der Waals surface area (Å²) >= 11 is 0. The summed E-state index contributed by atoms with van der Waals surface area (Å²) in [5.74, 6) is -7.64. The van der Waals surface area contributed by atoms with Crippen molar-refractivity contribution in [3.8, 4) is 0 Å². The number of carbonyl (C=O) groups is 4. The summed E-state index contributed by atoms with van der Waals surface area (Å²) in [5, 5.41) is 141. The lowest BCUT2D eigenvalue weighted by molar-refractivity contribution is -0.378. The van der Waals surface area contributed by atoms with Crippen LogP contribution in [-0.2, 0) is 52.3 Å². The molecule has 0 amide bonds. The number of hydrogen-bond acceptors (Lipinski definition) is 21. The molecule has 0 aromatic rings. The molecule has 0 radical (unpaired) electrons. The molecule has 1 unspecified atom stereocenters. The fourth-order valence-corrected chi connectivity index (χ4v) is 5.43. The van der Waals surface area contributed by atoms with Crippen LogP contribution in [0.1, 0.15) is 0 Å². The molecular formula is C24H34O25. The van der Waals surface area contributed by atoms with Crippen LogP contribution in [0.4, 0.5) is 0 Å². The second-order valence-corrected chi connectivity index (χ2v) is 11.3. The fraction of sp³-hybridized carbons (Fsp3) is 0.833. The molecule has 49 heavy (non-hydrogen) atoms. The van der Waals surface area contributed by atoms with Gasteiger partial charge in [-0.1, -0.05) is 0 Å². The van der Waals surface area contributed by atoms with Crippen molar-refractivity contribution in [2.45, 2.75) is 123 Å². The van der Waals surface area contributed by atoms with Crippen molar-refractivity contribution < 1.29 is 124 Å². The molecule has 0 spiro atoms. The quantitative estimate of drug-likeness (QED) is 0.0995. The van der Waals surface area contributed by atoms with E-state index in [1.54, 1.807) is 0 Å². The zero-order chi connectivity index (χ0) is 36.8. The molecule has 0 aromatic heterocycles. The maximum atomic E-state index is 12.1. The van der Waals surface area contributed by atoms with Gasteiger partial charge < -0.3 is 105 Å². The Bertz CT molecular complexity index is 1220. The number of aliphatic carboxylic acids is 4. The number of rotatable bonds is 10. The van der Waals surface area contributed by atoms with E-state index >= 15 is 0 Å². The highest BCUT2D eigenvalue weighted by Gasteiger charge is 2.58. The van der Waals surface area contributed by atoms with Crippen molar-refractivity contribution in [1.82, 2.24) is 0 Å². The van der Waals surface area contributed by atoms with Gasteiger partial charge in [-0.2, -0.15) is 0 Å². The minimum Gasteiger partial charge on any atom is -0.479 e. The largest absolute Gasteiger partial charge is 0.479 e. The number of aliphatic hydroxyl groups is 10. The molecule has 0 aliphatic carbocycles. The number of ether oxygens (including phenoxy) is 7. The molecular weight excluding hydrogens is 688 g/mol. The van der Waals surface area contributed by atoms with Crippen molar-refractivity contribution >= 4 is 23.9 Å². The van der Waals surface area contributed by atoms with Crippen LogP contribution < -0.4 is 0 Å². The predicted molar refractivity (Wildman–Crippen MR) is 136 cm³/mol. The Morgan fingerprint density at radius 3 is 0.980 bits per heavy atom. The normalized spacial score (nSPS) is 49.2. The minimum atomic E-state index is -2.43. The smallest absolute Gasteiger partial charge is 0.335 e. The topological polar surface area (TPSA) is 416 Å². The molecule has 4 fully saturated rings. The lowest BCUT2D eigenvalue weighted by Crippen LogP contribution is -2.68. The zero-order valence-electron chi connectivity index (χ0n) is 24.3. The summed E-state index contributed by atoms with van der Waals surface area (Å²) < 4.78 is 35.3. The molecule has 25 heteroatoms. The Kier molecular flexibility index (Phi) is 12.1. The van der Waals surface area contributed by atoms with Gasteiger partial charge >= 0.3 is 23.9 Å². The zero-order valence-corrected chi connectivity index (χ0v) is 24.3. The molecule has 4 heterocycles. The summed E-state index contributed by atoms with van der Waals surface area (Å²) in [7, 11) is 0. The maximum absolute atomic E-state index is 12.1. The summed E-state index contributed by atoms with van der Waals surface area (Å²) in [4.78, 5) is 47.1. The summed E-state index contributed by atoms with van der Waals surface area (Å²) in [6, 6.07) is 0. The minimum absolute atomic E-state index is 1.84. The highest BCUT2D eigenvalue weighted by molar-refractivity contribution is 5.75. The van der Waals surface area contributed by atoms with Gasteiger partial charge in [-0.3, -0.25) is 0 Å². The lowest BCUT2D eigenvalue weighted by Gasteiger charge is -2.47. The van der Waals surface area contributed by atoms with Crippen LogP contribution in [0.5, 0.6) is 0 Å². The van der Waals surface area contributed by atoms with Gasteiger partial charge in [0.1, 0.15) is 73.2 Å². The Hall–Kier alpha value is -2.80. The molecule has 25 nitrogen and oxygen atoms in total. The van der Waals surface area contributed by atoms with E-state index in [2.05, 4.69) is 4.74 Å². The molecule has 280 valence electrons. The highest BCUT2D eigenvalue weighted by atomic mass is 16.8. The van der Waals surface area contributed by atoms with E-state index in [9.17, 15) is 90.7 Å². The van der Waals surface area contributed by atoms with E-state index < -0.39 is 147 Å². The van der Waals surface area contributed by atoms with Gasteiger partial charge in [0.05, 0.1) is 0 Å². The highest BCUT2D eigenvalue weighted by Crippen LogP contribution is 2.34. The Morgan fingerprint density at radius 2 is 0.633 bits per heavy atom. The lowest BCUT2D eigenvalue weighted by atomic mass is 9.95. The first-order chi connectivity index (χ1) is 22.8. The van der Waals surface area contributed by atoms with Crippen LogP contribution in [0.25, 0.3) is 0 Å². The Labute approximate surface area is 271 Å². The Balaban J connectivity index is 1.51. The molecule has 0 bridgehead atoms. The van der Waals surface area contributed by atoms with Gasteiger partial charge in [0.2, 0.25) is 0 Å². The van der Waals surface area contributed by atoms with Crippen LogP contribution in [0.3, 0.4) is 0 Å². The number of aliphatic hydroxyl groups excluding tert-OH is 10. The van der Waals surface area contributed by atoms with Crippen LogP contribution >= 0.6 is 0 Å². The number of hydrogen-bond donors (Lipinski definition) is 14. The van der Waals surface area contributed by atoms with Gasteiger partial charge in [-0.15, -0.1) is 0 Å². The molecule has 0 saturated carbocycles. The molecule has 4 saturated heterocycles. The van der Waals surface area contributed by atoms with Gasteiger partial charge in [0.15, 0.2) is 49.6 Å². The Morgan fingerprint density at radius 1 is 0.347 bits per heavy atom. The average molecular weight is 723 g/mol. The van der Waals surface area contributed by atoms with Crippen molar-refractivity contribution in [1.29, 1.82) is 0 Å². The molecule has 4 rings (SSSR count). The second-order valence-electron chi connectivity index (χ2n) is 11.3. The second kappa shape index (κ2) is 15.2. The van der Waals surface area contributed by atoms with Crippen LogP contribution in [0, 0.1) is 0 Å². The van der Waals surface area contributed by atoms with Crippen LogP contribution in [0.2, 0.25) is 0 Å². The first-order valence-corrected chi connectivity index (χ1v) is 14.1.